The first-order valence-electron chi connectivity index (χ1n) is 11.4. The number of carbonyl (C=O) groups excluding carboxylic acids is 2. The highest BCUT2D eigenvalue weighted by molar-refractivity contribution is 7.10. The summed E-state index contributed by atoms with van der Waals surface area (Å²) in [5.74, 6) is -3.38. The fourth-order valence-electron chi connectivity index (χ4n) is 4.29. The molecule has 6 nitrogen and oxygen atoms in total. The van der Waals surface area contributed by atoms with Crippen molar-refractivity contribution in [3.05, 3.63) is 92.9 Å². The average Bonchev–Trinajstić information content (AvgIpc) is 3.53. The largest absolute Gasteiger partial charge is 0.380 e. The molecule has 0 saturated carbocycles. The molecule has 3 aromatic rings. The molecule has 3 N–H and O–H groups in total. The molecule has 0 radical (unpaired) electrons. The van der Waals surface area contributed by atoms with E-state index in [1.165, 1.54) is 40.5 Å². The lowest BCUT2D eigenvalue weighted by atomic mass is 10.0. The number of aliphatic hydroxyl groups is 2. The van der Waals surface area contributed by atoms with Crippen molar-refractivity contribution in [2.45, 2.75) is 44.1 Å². The molecule has 1 saturated heterocycles. The summed E-state index contributed by atoms with van der Waals surface area (Å²) in [7, 11) is 0. The second-order valence-corrected chi connectivity index (χ2v) is 9.68. The van der Waals surface area contributed by atoms with Crippen LogP contribution in [0.4, 0.5) is 13.2 Å². The lowest BCUT2D eigenvalue weighted by Gasteiger charge is -2.28. The van der Waals surface area contributed by atoms with Crippen LogP contribution in [0.3, 0.4) is 0 Å². The van der Waals surface area contributed by atoms with Gasteiger partial charge in [0.2, 0.25) is 0 Å². The van der Waals surface area contributed by atoms with Crippen molar-refractivity contribution in [3.8, 4) is 0 Å². The quantitative estimate of drug-likeness (QED) is 0.426. The van der Waals surface area contributed by atoms with Gasteiger partial charge in [-0.1, -0.05) is 18.2 Å². The van der Waals surface area contributed by atoms with Crippen LogP contribution >= 0.6 is 11.3 Å². The molecule has 3 atom stereocenters. The molecule has 190 valence electrons. The Morgan fingerprint density at radius 2 is 1.75 bits per heavy atom. The average molecular weight is 519 g/mol. The Morgan fingerprint density at radius 3 is 2.47 bits per heavy atom. The molecular formula is C26H25F3N2O4S. The van der Waals surface area contributed by atoms with Crippen LogP contribution in [-0.4, -0.2) is 45.7 Å². The molecule has 10 heteroatoms. The van der Waals surface area contributed by atoms with E-state index in [-0.39, 0.29) is 19.0 Å². The topological polar surface area (TPSA) is 89.9 Å². The number of likely N-dealkylation sites (tertiary alicyclic amines) is 1. The van der Waals surface area contributed by atoms with E-state index in [4.69, 9.17) is 0 Å². The van der Waals surface area contributed by atoms with Crippen LogP contribution in [-0.2, 0) is 22.6 Å². The summed E-state index contributed by atoms with van der Waals surface area (Å²) in [4.78, 5) is 27.4. The molecule has 1 unspecified atom stereocenters. The molecule has 0 bridgehead atoms. The Balaban J connectivity index is 1.32. The highest BCUT2D eigenvalue weighted by atomic mass is 32.1. The SMILES string of the molecule is O=C(NCc1cc(Cc2ccc(F)cc2F)cs1)[C@H](O)[C@@H](O)C(=O)N1CCCC1c1ccc(F)cc1. The van der Waals surface area contributed by atoms with E-state index < -0.39 is 41.5 Å². The van der Waals surface area contributed by atoms with E-state index >= 15 is 0 Å². The zero-order chi connectivity index (χ0) is 25.8. The number of hydrogen-bond donors (Lipinski definition) is 3. The first-order chi connectivity index (χ1) is 17.2. The van der Waals surface area contributed by atoms with E-state index in [2.05, 4.69) is 5.32 Å². The maximum Gasteiger partial charge on any atom is 0.255 e. The minimum Gasteiger partial charge on any atom is -0.380 e. The summed E-state index contributed by atoms with van der Waals surface area (Å²) < 4.78 is 40.2. The summed E-state index contributed by atoms with van der Waals surface area (Å²) in [5.41, 5.74) is 1.82. The third-order valence-electron chi connectivity index (χ3n) is 6.17. The Hall–Kier alpha value is -3.21. The normalized spacial score (nSPS) is 17.1. The summed E-state index contributed by atoms with van der Waals surface area (Å²) in [5, 5.41) is 25.0. The molecule has 2 heterocycles. The van der Waals surface area contributed by atoms with Crippen molar-refractivity contribution in [1.82, 2.24) is 10.2 Å². The second kappa shape index (κ2) is 11.2. The zero-order valence-corrected chi connectivity index (χ0v) is 20.0. The monoisotopic (exact) mass is 518 g/mol. The minimum atomic E-state index is -1.97. The van der Waals surface area contributed by atoms with Crippen molar-refractivity contribution in [3.63, 3.8) is 0 Å². The van der Waals surface area contributed by atoms with Gasteiger partial charge in [-0.15, -0.1) is 11.3 Å². The summed E-state index contributed by atoms with van der Waals surface area (Å²) in [6, 6.07) is 10.5. The van der Waals surface area contributed by atoms with Crippen LogP contribution in [0, 0.1) is 17.5 Å². The molecule has 1 fully saturated rings. The van der Waals surface area contributed by atoms with E-state index in [0.29, 0.717) is 35.4 Å². The van der Waals surface area contributed by atoms with Gasteiger partial charge in [-0.05, 0) is 59.2 Å². The van der Waals surface area contributed by atoms with Crippen molar-refractivity contribution in [1.29, 1.82) is 0 Å². The summed E-state index contributed by atoms with van der Waals surface area (Å²) in [6.07, 6.45) is -2.39. The number of nitrogens with zero attached hydrogens (tertiary/aromatic N) is 1. The minimum absolute atomic E-state index is 0.0370. The van der Waals surface area contributed by atoms with E-state index in [0.717, 1.165) is 11.6 Å². The Morgan fingerprint density at radius 1 is 1.03 bits per heavy atom. The Bertz CT molecular complexity index is 1230. The standard InChI is InChI=1S/C26H25F3N2O4S/c27-18-6-3-16(4-7-18)22-2-1-9-31(22)26(35)24(33)23(32)25(34)30-13-20-11-15(14-36-20)10-17-5-8-19(28)12-21(17)29/h3-8,11-12,14,22-24,32-33H,1-2,9-10,13H2,(H,30,34)/t22?,23-,24-/m1/s1. The van der Waals surface area contributed by atoms with Gasteiger partial charge in [-0.2, -0.15) is 0 Å². The summed E-state index contributed by atoms with van der Waals surface area (Å²) in [6.45, 7) is 0.383. The molecule has 0 spiro atoms. The van der Waals surface area contributed by atoms with Gasteiger partial charge in [0.05, 0.1) is 12.6 Å². The second-order valence-electron chi connectivity index (χ2n) is 8.68. The van der Waals surface area contributed by atoms with Gasteiger partial charge in [0, 0.05) is 23.9 Å². The molecule has 4 rings (SSSR count). The van der Waals surface area contributed by atoms with Gasteiger partial charge >= 0.3 is 0 Å². The lowest BCUT2D eigenvalue weighted by Crippen LogP contribution is -2.50. The number of hydrogen-bond acceptors (Lipinski definition) is 5. The number of nitrogens with one attached hydrogen (secondary N) is 1. The third-order valence-corrected chi connectivity index (χ3v) is 7.15. The van der Waals surface area contributed by atoms with Crippen molar-refractivity contribution < 1.29 is 33.0 Å². The van der Waals surface area contributed by atoms with E-state index in [9.17, 15) is 33.0 Å². The van der Waals surface area contributed by atoms with Crippen LogP contribution in [0.25, 0.3) is 0 Å². The molecule has 1 aliphatic rings. The van der Waals surface area contributed by atoms with Crippen LogP contribution in [0.5, 0.6) is 0 Å². The molecule has 2 amide bonds. The van der Waals surface area contributed by atoms with Crippen LogP contribution < -0.4 is 5.32 Å². The first-order valence-corrected chi connectivity index (χ1v) is 12.3. The number of thiophene rings is 1. The van der Waals surface area contributed by atoms with Gasteiger partial charge in [0.25, 0.3) is 11.8 Å². The predicted molar refractivity (Wildman–Crippen MR) is 127 cm³/mol. The third kappa shape index (κ3) is 5.95. The van der Waals surface area contributed by atoms with Crippen LogP contribution in [0.2, 0.25) is 0 Å². The number of amides is 2. The summed E-state index contributed by atoms with van der Waals surface area (Å²) >= 11 is 1.31. The van der Waals surface area contributed by atoms with Gasteiger partial charge < -0.3 is 20.4 Å². The molecule has 36 heavy (non-hydrogen) atoms. The van der Waals surface area contributed by atoms with E-state index in [1.54, 1.807) is 23.6 Å². The fourth-order valence-corrected chi connectivity index (χ4v) is 5.11. The van der Waals surface area contributed by atoms with Crippen molar-refractivity contribution in [2.24, 2.45) is 0 Å². The van der Waals surface area contributed by atoms with Gasteiger partial charge in [0.1, 0.15) is 17.5 Å². The molecule has 1 aromatic heterocycles. The van der Waals surface area contributed by atoms with Gasteiger partial charge in [-0.25, -0.2) is 13.2 Å². The fraction of sp³-hybridized carbons (Fsp3) is 0.308. The number of aliphatic hydroxyl groups excluding tert-OH is 2. The number of rotatable bonds is 8. The van der Waals surface area contributed by atoms with Gasteiger partial charge in [-0.3, -0.25) is 9.59 Å². The van der Waals surface area contributed by atoms with Crippen LogP contribution in [0.1, 0.15) is 40.5 Å². The Labute approximate surface area is 210 Å². The number of carbonyl (C=O) groups is 2. The zero-order valence-electron chi connectivity index (χ0n) is 19.2. The Kier molecular flexibility index (Phi) is 8.07. The molecular weight excluding hydrogens is 493 g/mol. The van der Waals surface area contributed by atoms with Gasteiger partial charge in [0.15, 0.2) is 12.2 Å². The number of benzene rings is 2. The predicted octanol–water partition coefficient (Wildman–Crippen LogP) is 3.46. The van der Waals surface area contributed by atoms with Crippen molar-refractivity contribution in [2.75, 3.05) is 6.54 Å². The molecule has 0 aliphatic carbocycles. The van der Waals surface area contributed by atoms with E-state index in [1.807, 2.05) is 0 Å². The highest BCUT2D eigenvalue weighted by Gasteiger charge is 2.38. The maximum atomic E-state index is 13.9. The van der Waals surface area contributed by atoms with Crippen LogP contribution in [0.15, 0.2) is 53.9 Å². The molecule has 2 aromatic carbocycles. The molecule has 1 aliphatic heterocycles. The maximum absolute atomic E-state index is 13.9. The highest BCUT2D eigenvalue weighted by Crippen LogP contribution is 2.32. The smallest absolute Gasteiger partial charge is 0.255 e. The number of halogens is 3. The first kappa shape index (κ1) is 25.9. The lowest BCUT2D eigenvalue weighted by molar-refractivity contribution is -0.153. The van der Waals surface area contributed by atoms with Crippen molar-refractivity contribution >= 4 is 23.2 Å².